The standard InChI is InChI=1S/C24H50N4.C9H17NO.C6H16N2.CH4O2Si.I3.I2.HI.H2/c1-21(2)15-19(16-22(3,4)27-21)25-13-11-9-10-12-14-26-20-17-23(5,6)28-24(7,8)18-20;1-8(2)5-7(11)6-9(3,4)10-8;7-5-3-1-2-4-6-8;1-4(2)3;1-3-2;1-2;;/h19-20,25-28H,9-18H2,1-8H3;10H,5-6H2,1-4H3;1-8H2;2H,1H3;;;2*1H/q;;;;-1;;;. The maximum absolute atomic E-state index is 11.3. The van der Waals surface area contributed by atoms with E-state index in [0.717, 1.165) is 25.9 Å². The molecule has 0 aromatic heterocycles. The van der Waals surface area contributed by atoms with E-state index >= 15 is 0 Å². The number of Topliss-reactive ketones (excluding diaryl/α,β-unsaturated/α-hetero) is 1. The summed E-state index contributed by atoms with van der Waals surface area (Å²) in [5.41, 5.74) is 11.5. The second kappa shape index (κ2) is 35.8. The molecule has 10 nitrogen and oxygen atoms in total. The Morgan fingerprint density at radius 3 is 1.09 bits per heavy atom. The summed E-state index contributed by atoms with van der Waals surface area (Å²) in [6, 6.07) is 1.30. The minimum absolute atomic E-state index is 0. The Morgan fingerprint density at radius 1 is 0.632 bits per heavy atom. The zero-order valence-electron chi connectivity index (χ0n) is 38.1. The van der Waals surface area contributed by atoms with E-state index in [9.17, 15) is 9.26 Å². The largest absolute Gasteiger partial charge is 0.330 e. The Hall–Kier alpha value is 3.59. The van der Waals surface area contributed by atoms with Crippen molar-refractivity contribution in [1.29, 1.82) is 0 Å². The fourth-order valence-electron chi connectivity index (χ4n) is 8.84. The number of nitrogens with two attached hydrogens (primary N) is 2. The Morgan fingerprint density at radius 2 is 0.860 bits per heavy atom. The van der Waals surface area contributed by atoms with Gasteiger partial charge in [-0.2, -0.15) is 0 Å². The molecule has 3 rings (SSSR count). The number of hydrogen-bond donors (Lipinski definition) is 8. The zero-order chi connectivity index (χ0) is 44.3. The maximum Gasteiger partial charge on any atom is 0 e. The second-order valence-corrected chi connectivity index (χ2v) is 37.0. The summed E-state index contributed by atoms with van der Waals surface area (Å²) in [7, 11) is -2.13. The third-order valence-corrected chi connectivity index (χ3v) is 9.46. The van der Waals surface area contributed by atoms with Gasteiger partial charge in [-0.05, 0) is 161 Å². The van der Waals surface area contributed by atoms with Crippen molar-refractivity contribution < 1.29 is 28.7 Å². The fraction of sp³-hybridized carbons (Fsp3) is 0.975. The molecule has 0 spiro atoms. The molecule has 0 unspecified atom stereocenters. The van der Waals surface area contributed by atoms with Crippen LogP contribution in [0.3, 0.4) is 0 Å². The molecule has 3 aliphatic heterocycles. The van der Waals surface area contributed by atoms with Crippen LogP contribution < -0.4 is 51.3 Å². The molecule has 0 atom stereocenters. The van der Waals surface area contributed by atoms with E-state index in [2.05, 4.69) is 184 Å². The zero-order valence-corrected chi connectivity index (χ0v) is 52.2. The average Bonchev–Trinajstić information content (AvgIpc) is 2.98. The van der Waals surface area contributed by atoms with Gasteiger partial charge in [0.05, 0.1) is 0 Å². The first-order valence-electron chi connectivity index (χ1n) is 20.6. The van der Waals surface area contributed by atoms with Crippen molar-refractivity contribution in [2.45, 2.75) is 225 Å². The number of ketones is 1. The van der Waals surface area contributed by atoms with Gasteiger partial charge in [0.2, 0.25) is 0 Å². The van der Waals surface area contributed by atoms with Gasteiger partial charge in [0.25, 0.3) is 0 Å². The van der Waals surface area contributed by atoms with Crippen LogP contribution in [0.2, 0.25) is 6.55 Å². The molecule has 0 aliphatic carbocycles. The fourth-order valence-corrected chi connectivity index (χ4v) is 8.84. The van der Waals surface area contributed by atoms with Gasteiger partial charge in [-0.1, -0.05) is 25.7 Å². The summed E-state index contributed by atoms with van der Waals surface area (Å²) in [5.74, 6) is 0.374. The van der Waals surface area contributed by atoms with Crippen LogP contribution in [0.25, 0.3) is 0 Å². The van der Waals surface area contributed by atoms with Crippen LogP contribution >= 0.6 is 98.4 Å². The second-order valence-electron chi connectivity index (χ2n) is 19.7. The molecule has 0 aromatic carbocycles. The van der Waals surface area contributed by atoms with Crippen LogP contribution in [0.5, 0.6) is 0 Å². The Labute approximate surface area is 425 Å². The average molecular weight is 1510 g/mol. The summed E-state index contributed by atoms with van der Waals surface area (Å²) in [5, 5.41) is 18.6. The molecular formula is C40H90I6N7O3Si-. The van der Waals surface area contributed by atoms with E-state index < -0.39 is 8.93 Å². The predicted octanol–water partition coefficient (Wildman–Crippen LogP) is 7.24. The van der Waals surface area contributed by atoms with Crippen molar-refractivity contribution in [1.82, 2.24) is 26.6 Å². The van der Waals surface area contributed by atoms with Gasteiger partial charge in [-0.25, -0.2) is 0 Å². The van der Waals surface area contributed by atoms with E-state index in [1.54, 1.807) is 0 Å². The number of nitrogens with one attached hydrogen (secondary N) is 5. The number of carbonyl (C=O) groups excluding carboxylic acids is 1. The minimum Gasteiger partial charge on any atom is -0.330 e. The topological polar surface area (TPSA) is 167 Å². The minimum atomic E-state index is -2.13. The van der Waals surface area contributed by atoms with Gasteiger partial charge >= 0.3 is 59.4 Å². The van der Waals surface area contributed by atoms with Crippen LogP contribution in [0.15, 0.2) is 0 Å². The van der Waals surface area contributed by atoms with Gasteiger partial charge in [0.15, 0.2) is 0 Å². The Kier molecular flexibility index (Phi) is 42.2. The number of rotatable bonds is 14. The first-order valence-corrected chi connectivity index (χ1v) is 41.3. The van der Waals surface area contributed by atoms with E-state index in [4.69, 9.17) is 16.3 Å². The molecule has 0 radical (unpaired) electrons. The van der Waals surface area contributed by atoms with Crippen LogP contribution in [0, 0.1) is 0 Å². The van der Waals surface area contributed by atoms with E-state index in [1.165, 1.54) is 83.8 Å². The molecule has 3 aliphatic rings. The van der Waals surface area contributed by atoms with Crippen molar-refractivity contribution in [2.24, 2.45) is 11.5 Å². The number of hydrogen-bond acceptors (Lipinski definition) is 9. The molecular weight excluding hydrogens is 1420 g/mol. The van der Waals surface area contributed by atoms with Gasteiger partial charge in [-0.15, -0.1) is 24.0 Å². The molecule has 0 bridgehead atoms. The van der Waals surface area contributed by atoms with Gasteiger partial charge in [0, 0.05) is 103 Å². The third-order valence-electron chi connectivity index (χ3n) is 9.46. The smallest absolute Gasteiger partial charge is 0 e. The molecule has 0 saturated carbocycles. The first-order chi connectivity index (χ1) is 25.6. The molecule has 10 N–H and O–H groups in total. The number of unbranched alkanes of at least 4 members (excludes halogenated alkanes) is 6. The molecule has 17 heteroatoms. The van der Waals surface area contributed by atoms with Crippen molar-refractivity contribution in [3.63, 3.8) is 0 Å². The Balaban J connectivity index is -0.000000256. The third kappa shape index (κ3) is 43.3. The summed E-state index contributed by atoms with van der Waals surface area (Å²) < 4.78 is 9.19. The van der Waals surface area contributed by atoms with Crippen LogP contribution in [0.4, 0.5) is 0 Å². The summed E-state index contributed by atoms with van der Waals surface area (Å²) in [6.45, 7) is 32.2. The molecule has 3 saturated heterocycles. The summed E-state index contributed by atoms with van der Waals surface area (Å²) >= 11 is 9.54. The quantitative estimate of drug-likeness (QED) is 0.0505. The molecule has 3 heterocycles. The van der Waals surface area contributed by atoms with E-state index in [0.29, 0.717) is 44.0 Å². The molecule has 57 heavy (non-hydrogen) atoms. The number of piperidine rings is 3. The van der Waals surface area contributed by atoms with Crippen LogP contribution in [-0.2, 0) is 9.26 Å². The van der Waals surface area contributed by atoms with Gasteiger partial charge in [-0.3, -0.25) is 4.79 Å². The first kappa shape index (κ1) is 67.2. The van der Waals surface area contributed by atoms with E-state index in [-0.39, 0.29) is 58.6 Å². The van der Waals surface area contributed by atoms with Gasteiger partial charge < -0.3 is 47.3 Å². The maximum atomic E-state index is 11.3. The monoisotopic (exact) mass is 1510 g/mol. The molecule has 350 valence electrons. The van der Waals surface area contributed by atoms with Crippen molar-refractivity contribution in [3.05, 3.63) is 0 Å². The number of carbonyl (C=O) groups is 1. The SMILES string of the molecule is CC1(C)CC(=O)CC(C)(C)N1.CC1(C)CC(NCCCCCCNC2CC(C)(C)NC(C)(C)C2)CC(C)(C)N1.C[Si](=O)O.I.II.I[I-]I.NCCCCCCN.[HH]. The molecule has 3 fully saturated rings. The van der Waals surface area contributed by atoms with Crippen molar-refractivity contribution in [3.8, 4) is 0 Å². The Bertz CT molecular complexity index is 931. The predicted molar refractivity (Wildman–Crippen MR) is 293 cm³/mol. The molecule has 0 aromatic rings. The summed E-state index contributed by atoms with van der Waals surface area (Å²) in [6.07, 6.45) is 16.3. The van der Waals surface area contributed by atoms with Crippen LogP contribution in [-0.4, -0.2) is 91.0 Å². The van der Waals surface area contributed by atoms with Crippen LogP contribution in [0.1, 0.15) is 174 Å². The van der Waals surface area contributed by atoms with E-state index in [1.807, 2.05) is 0 Å². The van der Waals surface area contributed by atoms with Crippen molar-refractivity contribution in [2.75, 3.05) is 26.2 Å². The molecule has 0 amide bonds. The summed E-state index contributed by atoms with van der Waals surface area (Å²) in [4.78, 5) is 18.9. The normalized spacial score (nSPS) is 21.1. The van der Waals surface area contributed by atoms with Gasteiger partial charge in [0.1, 0.15) is 5.78 Å². The van der Waals surface area contributed by atoms with Crippen molar-refractivity contribution >= 4 is 113 Å². The number of halogens is 6.